The molecule has 0 saturated heterocycles. The van der Waals surface area contributed by atoms with Crippen LogP contribution in [0, 0.1) is 0 Å². The van der Waals surface area contributed by atoms with Gasteiger partial charge in [0.25, 0.3) is 0 Å². The monoisotopic (exact) mass is 243 g/mol. The van der Waals surface area contributed by atoms with Gasteiger partial charge in [-0.3, -0.25) is 4.68 Å². The Bertz CT molecular complexity index is 315. The van der Waals surface area contributed by atoms with Crippen molar-refractivity contribution in [3.8, 4) is 0 Å². The third kappa shape index (κ3) is 1.32. The van der Waals surface area contributed by atoms with E-state index in [9.17, 15) is 0 Å². The van der Waals surface area contributed by atoms with Crippen LogP contribution >= 0.6 is 15.9 Å². The number of nitrogens with two attached hydrogens (primary N) is 1. The van der Waals surface area contributed by atoms with Crippen molar-refractivity contribution in [3.63, 3.8) is 0 Å². The smallest absolute Gasteiger partial charge is 0.107 e. The molecule has 0 spiro atoms. The molecule has 0 amide bonds. The lowest BCUT2D eigenvalue weighted by Gasteiger charge is -2.10. The predicted molar refractivity (Wildman–Crippen MR) is 55.6 cm³/mol. The van der Waals surface area contributed by atoms with Gasteiger partial charge in [-0.15, -0.1) is 0 Å². The molecule has 0 aromatic carbocycles. The highest BCUT2D eigenvalue weighted by molar-refractivity contribution is 9.10. The predicted octanol–water partition coefficient (Wildman–Crippen LogP) is 1.66. The van der Waals surface area contributed by atoms with Crippen LogP contribution in [0.15, 0.2) is 10.8 Å². The van der Waals surface area contributed by atoms with Crippen molar-refractivity contribution >= 4 is 15.9 Å². The molecule has 1 aromatic heterocycles. The van der Waals surface area contributed by atoms with Crippen LogP contribution in [0.4, 0.5) is 0 Å². The second-order valence-electron chi connectivity index (χ2n) is 3.65. The number of rotatable bonds is 3. The van der Waals surface area contributed by atoms with Crippen molar-refractivity contribution in [2.24, 2.45) is 5.73 Å². The van der Waals surface area contributed by atoms with Crippen molar-refractivity contribution in [3.05, 3.63) is 16.4 Å². The van der Waals surface area contributed by atoms with Gasteiger partial charge in [0.05, 0.1) is 6.20 Å². The van der Waals surface area contributed by atoms with E-state index >= 15 is 0 Å². The number of nitrogens with zero attached hydrogens (tertiary/aromatic N) is 2. The fourth-order valence-corrected chi connectivity index (χ4v) is 2.55. The van der Waals surface area contributed by atoms with E-state index in [2.05, 4.69) is 28.0 Å². The first kappa shape index (κ1) is 9.21. The summed E-state index contributed by atoms with van der Waals surface area (Å²) >= 11 is 3.57. The molecule has 3 nitrogen and oxygen atoms in total. The summed E-state index contributed by atoms with van der Waals surface area (Å²) in [4.78, 5) is 0. The van der Waals surface area contributed by atoms with Crippen molar-refractivity contribution in [1.29, 1.82) is 0 Å². The minimum absolute atomic E-state index is 0.242. The summed E-state index contributed by atoms with van der Waals surface area (Å²) < 4.78 is 3.07. The molecule has 0 aliphatic heterocycles. The lowest BCUT2D eigenvalue weighted by Crippen LogP contribution is -2.19. The molecule has 1 aromatic rings. The fraction of sp³-hybridized carbons (Fsp3) is 0.667. The van der Waals surface area contributed by atoms with E-state index in [-0.39, 0.29) is 5.41 Å². The van der Waals surface area contributed by atoms with E-state index in [1.165, 1.54) is 18.4 Å². The van der Waals surface area contributed by atoms with Crippen molar-refractivity contribution < 1.29 is 0 Å². The number of aryl methyl sites for hydroxylation is 1. The van der Waals surface area contributed by atoms with Crippen LogP contribution in [0.3, 0.4) is 0 Å². The van der Waals surface area contributed by atoms with E-state index < -0.39 is 0 Å². The summed E-state index contributed by atoms with van der Waals surface area (Å²) in [6.45, 7) is 3.73. The summed E-state index contributed by atoms with van der Waals surface area (Å²) in [5, 5.41) is 4.30. The van der Waals surface area contributed by atoms with E-state index in [1.54, 1.807) is 0 Å². The maximum Gasteiger partial charge on any atom is 0.107 e. The number of hydrogen-bond acceptors (Lipinski definition) is 2. The molecule has 0 unspecified atom stereocenters. The van der Waals surface area contributed by atoms with Crippen LogP contribution in [-0.4, -0.2) is 16.3 Å². The van der Waals surface area contributed by atoms with Gasteiger partial charge in [0.2, 0.25) is 0 Å². The lowest BCUT2D eigenvalue weighted by atomic mass is 10.0. The Balaban J connectivity index is 2.36. The van der Waals surface area contributed by atoms with Gasteiger partial charge in [0.1, 0.15) is 4.60 Å². The minimum Gasteiger partial charge on any atom is -0.330 e. The Morgan fingerprint density at radius 3 is 2.77 bits per heavy atom. The Kier molecular flexibility index (Phi) is 2.20. The van der Waals surface area contributed by atoms with Crippen molar-refractivity contribution in [1.82, 2.24) is 9.78 Å². The molecule has 2 N–H and O–H groups in total. The zero-order valence-electron chi connectivity index (χ0n) is 7.76. The van der Waals surface area contributed by atoms with Crippen LogP contribution in [0.25, 0.3) is 0 Å². The van der Waals surface area contributed by atoms with Crippen molar-refractivity contribution in [2.45, 2.75) is 31.7 Å². The zero-order valence-corrected chi connectivity index (χ0v) is 9.34. The quantitative estimate of drug-likeness (QED) is 0.878. The van der Waals surface area contributed by atoms with Crippen LogP contribution in [0.2, 0.25) is 0 Å². The molecular formula is C9H14BrN3. The number of hydrogen-bond donors (Lipinski definition) is 1. The van der Waals surface area contributed by atoms with Gasteiger partial charge in [-0.2, -0.15) is 5.10 Å². The Morgan fingerprint density at radius 2 is 2.38 bits per heavy atom. The van der Waals surface area contributed by atoms with Gasteiger partial charge >= 0.3 is 0 Å². The Labute approximate surface area is 86.4 Å². The van der Waals surface area contributed by atoms with E-state index in [1.807, 2.05) is 10.9 Å². The van der Waals surface area contributed by atoms with Gasteiger partial charge in [-0.25, -0.2) is 0 Å². The number of aromatic nitrogens is 2. The highest BCUT2D eigenvalue weighted by atomic mass is 79.9. The molecule has 0 atom stereocenters. The first-order chi connectivity index (χ1) is 6.23. The maximum atomic E-state index is 5.76. The topological polar surface area (TPSA) is 43.8 Å². The number of halogens is 1. The third-order valence-corrected chi connectivity index (χ3v) is 3.73. The van der Waals surface area contributed by atoms with Gasteiger partial charge in [-0.1, -0.05) is 0 Å². The summed E-state index contributed by atoms with van der Waals surface area (Å²) in [6.07, 6.45) is 4.36. The molecule has 0 bridgehead atoms. The van der Waals surface area contributed by atoms with Gasteiger partial charge < -0.3 is 5.73 Å². The van der Waals surface area contributed by atoms with Crippen LogP contribution in [0.5, 0.6) is 0 Å². The van der Waals surface area contributed by atoms with E-state index in [4.69, 9.17) is 5.73 Å². The largest absolute Gasteiger partial charge is 0.330 e. The molecule has 1 fully saturated rings. The summed E-state index contributed by atoms with van der Waals surface area (Å²) in [5.74, 6) is 0. The zero-order chi connectivity index (χ0) is 9.47. The molecule has 1 heterocycles. The highest BCUT2D eigenvalue weighted by Crippen LogP contribution is 2.49. The van der Waals surface area contributed by atoms with Crippen LogP contribution < -0.4 is 5.73 Å². The first-order valence-electron chi connectivity index (χ1n) is 4.65. The van der Waals surface area contributed by atoms with Crippen LogP contribution in [-0.2, 0) is 12.0 Å². The highest BCUT2D eigenvalue weighted by Gasteiger charge is 2.45. The third-order valence-electron chi connectivity index (χ3n) is 2.89. The Morgan fingerprint density at radius 1 is 1.69 bits per heavy atom. The van der Waals surface area contributed by atoms with E-state index in [0.29, 0.717) is 0 Å². The molecule has 1 aliphatic rings. The molecule has 1 saturated carbocycles. The standard InChI is InChI=1S/C9H14BrN3/c1-2-13-8(10)7(5-12-13)9(6-11)3-4-9/h5H,2-4,6,11H2,1H3. The Hall–Kier alpha value is -0.350. The fourth-order valence-electron chi connectivity index (χ4n) is 1.68. The summed E-state index contributed by atoms with van der Waals surface area (Å²) in [7, 11) is 0. The molecule has 0 radical (unpaired) electrons. The maximum absolute atomic E-state index is 5.76. The van der Waals surface area contributed by atoms with Gasteiger partial charge in [0.15, 0.2) is 0 Å². The summed E-state index contributed by atoms with van der Waals surface area (Å²) in [6, 6.07) is 0. The molecule has 1 aliphatic carbocycles. The first-order valence-corrected chi connectivity index (χ1v) is 5.44. The normalized spacial score (nSPS) is 19.0. The second kappa shape index (κ2) is 3.10. The van der Waals surface area contributed by atoms with Crippen molar-refractivity contribution in [2.75, 3.05) is 6.54 Å². The molecule has 72 valence electrons. The second-order valence-corrected chi connectivity index (χ2v) is 4.40. The molecule has 4 heteroatoms. The van der Waals surface area contributed by atoms with Crippen LogP contribution in [0.1, 0.15) is 25.3 Å². The average molecular weight is 244 g/mol. The molecule has 13 heavy (non-hydrogen) atoms. The molecular weight excluding hydrogens is 230 g/mol. The minimum atomic E-state index is 0.242. The van der Waals surface area contributed by atoms with Gasteiger partial charge in [0, 0.05) is 24.1 Å². The lowest BCUT2D eigenvalue weighted by molar-refractivity contribution is 0.637. The average Bonchev–Trinajstić information content (AvgIpc) is 2.85. The van der Waals surface area contributed by atoms with E-state index in [0.717, 1.165) is 17.7 Å². The SMILES string of the molecule is CCn1ncc(C2(CN)CC2)c1Br. The molecule has 2 rings (SSSR count). The van der Waals surface area contributed by atoms with Gasteiger partial charge in [-0.05, 0) is 35.7 Å². The summed E-state index contributed by atoms with van der Waals surface area (Å²) in [5.41, 5.74) is 7.29.